The van der Waals surface area contributed by atoms with E-state index in [9.17, 15) is 9.59 Å². The Balaban J connectivity index is 1.70. The lowest BCUT2D eigenvalue weighted by Crippen LogP contribution is -2.55. The highest BCUT2D eigenvalue weighted by atomic mass is 16.2. The first kappa shape index (κ1) is 12.0. The molecule has 3 saturated heterocycles. The van der Waals surface area contributed by atoms with Crippen LogP contribution in [-0.4, -0.2) is 48.4 Å². The Labute approximate surface area is 107 Å². The van der Waals surface area contributed by atoms with E-state index in [0.29, 0.717) is 6.54 Å². The average molecular weight is 251 g/mol. The van der Waals surface area contributed by atoms with E-state index >= 15 is 0 Å². The highest BCUT2D eigenvalue weighted by Crippen LogP contribution is 2.28. The fraction of sp³-hybridized carbons (Fsp3) is 0.846. The van der Waals surface area contributed by atoms with Crippen molar-refractivity contribution in [3.63, 3.8) is 0 Å². The second-order valence-electron chi connectivity index (χ2n) is 5.60. The predicted molar refractivity (Wildman–Crippen MR) is 66.9 cm³/mol. The third-order valence-corrected chi connectivity index (χ3v) is 4.49. The molecular formula is C13H21N3O2. The molecule has 3 unspecified atom stereocenters. The van der Waals surface area contributed by atoms with Crippen molar-refractivity contribution in [2.45, 2.75) is 44.2 Å². The van der Waals surface area contributed by atoms with E-state index < -0.39 is 0 Å². The first-order valence-corrected chi connectivity index (χ1v) is 7.09. The van der Waals surface area contributed by atoms with Gasteiger partial charge in [-0.25, -0.2) is 0 Å². The third-order valence-electron chi connectivity index (χ3n) is 4.49. The molecule has 3 heterocycles. The Morgan fingerprint density at radius 1 is 1.22 bits per heavy atom. The minimum atomic E-state index is -0.0202. The van der Waals surface area contributed by atoms with E-state index in [1.54, 1.807) is 0 Å². The smallest absolute Gasteiger partial charge is 0.240 e. The Morgan fingerprint density at radius 2 is 2.11 bits per heavy atom. The summed E-state index contributed by atoms with van der Waals surface area (Å²) in [5.41, 5.74) is 0. The van der Waals surface area contributed by atoms with Gasteiger partial charge in [-0.05, 0) is 32.2 Å². The largest absolute Gasteiger partial charge is 0.354 e. The van der Waals surface area contributed by atoms with E-state index in [0.717, 1.165) is 45.2 Å². The molecule has 0 aliphatic carbocycles. The number of nitrogens with zero attached hydrogens (tertiary/aromatic N) is 1. The summed E-state index contributed by atoms with van der Waals surface area (Å²) >= 11 is 0. The highest BCUT2D eigenvalue weighted by Gasteiger charge is 2.43. The summed E-state index contributed by atoms with van der Waals surface area (Å²) in [4.78, 5) is 26.2. The van der Waals surface area contributed by atoms with Crippen molar-refractivity contribution in [1.82, 2.24) is 15.5 Å². The summed E-state index contributed by atoms with van der Waals surface area (Å²) in [6.45, 7) is 2.39. The summed E-state index contributed by atoms with van der Waals surface area (Å²) in [6.07, 6.45) is 5.11. The number of carbonyl (C=O) groups excluding carboxylic acids is 2. The molecule has 3 rings (SSSR count). The molecule has 2 N–H and O–H groups in total. The van der Waals surface area contributed by atoms with Gasteiger partial charge >= 0.3 is 0 Å². The highest BCUT2D eigenvalue weighted by molar-refractivity contribution is 5.86. The van der Waals surface area contributed by atoms with Gasteiger partial charge in [0.1, 0.15) is 0 Å². The number of nitrogens with one attached hydrogen (secondary N) is 2. The topological polar surface area (TPSA) is 61.4 Å². The van der Waals surface area contributed by atoms with Crippen LogP contribution in [0.3, 0.4) is 0 Å². The molecule has 18 heavy (non-hydrogen) atoms. The molecular weight excluding hydrogens is 230 g/mol. The predicted octanol–water partition coefficient (Wildman–Crippen LogP) is -0.134. The molecule has 0 bridgehead atoms. The molecule has 3 atom stereocenters. The SMILES string of the molecule is O=C1NCC2C1CCCN2C(=O)C1CCCCN1. The number of likely N-dealkylation sites (tertiary alicyclic amines) is 1. The maximum absolute atomic E-state index is 12.5. The van der Waals surface area contributed by atoms with Gasteiger partial charge in [0, 0.05) is 13.1 Å². The molecule has 0 saturated carbocycles. The number of fused-ring (bicyclic) bond motifs is 1. The molecule has 0 aromatic rings. The summed E-state index contributed by atoms with van der Waals surface area (Å²) in [6, 6.07) is 0.0793. The lowest BCUT2D eigenvalue weighted by molar-refractivity contribution is -0.139. The van der Waals surface area contributed by atoms with Crippen molar-refractivity contribution in [1.29, 1.82) is 0 Å². The van der Waals surface area contributed by atoms with Crippen LogP contribution in [0.1, 0.15) is 32.1 Å². The van der Waals surface area contributed by atoms with Gasteiger partial charge in [0.2, 0.25) is 11.8 Å². The zero-order valence-electron chi connectivity index (χ0n) is 10.7. The van der Waals surface area contributed by atoms with Crippen LogP contribution in [0.4, 0.5) is 0 Å². The minimum Gasteiger partial charge on any atom is -0.354 e. The van der Waals surface area contributed by atoms with Crippen LogP contribution in [0.5, 0.6) is 0 Å². The van der Waals surface area contributed by atoms with Gasteiger partial charge in [0.05, 0.1) is 18.0 Å². The van der Waals surface area contributed by atoms with Crippen LogP contribution in [0.15, 0.2) is 0 Å². The first-order chi connectivity index (χ1) is 8.77. The fourth-order valence-corrected chi connectivity index (χ4v) is 3.49. The van der Waals surface area contributed by atoms with Crippen molar-refractivity contribution < 1.29 is 9.59 Å². The average Bonchev–Trinajstić information content (AvgIpc) is 2.81. The molecule has 0 aromatic carbocycles. The van der Waals surface area contributed by atoms with Gasteiger partial charge in [-0.1, -0.05) is 6.42 Å². The number of amides is 2. The van der Waals surface area contributed by atoms with Gasteiger partial charge in [0.25, 0.3) is 0 Å². The number of rotatable bonds is 1. The van der Waals surface area contributed by atoms with Crippen LogP contribution in [-0.2, 0) is 9.59 Å². The molecule has 3 fully saturated rings. The number of piperidine rings is 2. The standard InChI is InChI=1S/C13H21N3O2/c17-12-9-4-3-7-16(11(9)8-15-12)13(18)10-5-1-2-6-14-10/h9-11,14H,1-8H2,(H,15,17). The quantitative estimate of drug-likeness (QED) is 0.682. The van der Waals surface area contributed by atoms with Crippen LogP contribution in [0.25, 0.3) is 0 Å². The van der Waals surface area contributed by atoms with E-state index in [1.807, 2.05) is 4.90 Å². The first-order valence-electron chi connectivity index (χ1n) is 7.09. The summed E-state index contributed by atoms with van der Waals surface area (Å²) in [5.74, 6) is 0.376. The van der Waals surface area contributed by atoms with E-state index in [4.69, 9.17) is 0 Å². The van der Waals surface area contributed by atoms with Gasteiger partial charge in [-0.15, -0.1) is 0 Å². The van der Waals surface area contributed by atoms with Crippen LogP contribution >= 0.6 is 0 Å². The number of hydrogen-bond acceptors (Lipinski definition) is 3. The molecule has 3 aliphatic heterocycles. The third kappa shape index (κ3) is 2.00. The Bertz CT molecular complexity index is 352. The van der Waals surface area contributed by atoms with Crippen molar-refractivity contribution in [3.8, 4) is 0 Å². The van der Waals surface area contributed by atoms with E-state index in [-0.39, 0.29) is 29.8 Å². The number of hydrogen-bond donors (Lipinski definition) is 2. The minimum absolute atomic E-state index is 0.0202. The van der Waals surface area contributed by atoms with Crippen molar-refractivity contribution >= 4 is 11.8 Å². The second kappa shape index (κ2) is 4.88. The molecule has 2 amide bonds. The molecule has 3 aliphatic rings. The zero-order valence-corrected chi connectivity index (χ0v) is 10.7. The van der Waals surface area contributed by atoms with Crippen molar-refractivity contribution in [2.24, 2.45) is 5.92 Å². The van der Waals surface area contributed by atoms with Crippen molar-refractivity contribution in [3.05, 3.63) is 0 Å². The maximum Gasteiger partial charge on any atom is 0.240 e. The summed E-state index contributed by atoms with van der Waals surface area (Å²) < 4.78 is 0. The normalized spacial score (nSPS) is 36.1. The van der Waals surface area contributed by atoms with Gasteiger partial charge in [-0.2, -0.15) is 0 Å². The molecule has 0 spiro atoms. The summed E-state index contributed by atoms with van der Waals surface area (Å²) in [5, 5.41) is 6.21. The van der Waals surface area contributed by atoms with E-state index in [2.05, 4.69) is 10.6 Å². The van der Waals surface area contributed by atoms with Crippen LogP contribution < -0.4 is 10.6 Å². The van der Waals surface area contributed by atoms with Gasteiger partial charge < -0.3 is 15.5 Å². The van der Waals surface area contributed by atoms with Crippen LogP contribution in [0, 0.1) is 5.92 Å². The van der Waals surface area contributed by atoms with Gasteiger partial charge in [0.15, 0.2) is 0 Å². The molecule has 0 aromatic heterocycles. The zero-order chi connectivity index (χ0) is 12.5. The summed E-state index contributed by atoms with van der Waals surface area (Å²) in [7, 11) is 0. The Kier molecular flexibility index (Phi) is 3.24. The van der Waals surface area contributed by atoms with Gasteiger partial charge in [-0.3, -0.25) is 9.59 Å². The monoisotopic (exact) mass is 251 g/mol. The molecule has 100 valence electrons. The fourth-order valence-electron chi connectivity index (χ4n) is 3.49. The molecule has 0 radical (unpaired) electrons. The number of carbonyl (C=O) groups is 2. The van der Waals surface area contributed by atoms with Crippen LogP contribution in [0.2, 0.25) is 0 Å². The molecule has 5 heteroatoms. The van der Waals surface area contributed by atoms with E-state index in [1.165, 1.54) is 0 Å². The Hall–Kier alpha value is -1.10. The lowest BCUT2D eigenvalue weighted by atomic mass is 9.90. The lowest BCUT2D eigenvalue weighted by Gasteiger charge is -2.38. The Morgan fingerprint density at radius 3 is 2.89 bits per heavy atom. The maximum atomic E-state index is 12.5. The second-order valence-corrected chi connectivity index (χ2v) is 5.60. The molecule has 5 nitrogen and oxygen atoms in total. The van der Waals surface area contributed by atoms with Crippen molar-refractivity contribution in [2.75, 3.05) is 19.6 Å².